The fourth-order valence-corrected chi connectivity index (χ4v) is 11.9. The van der Waals surface area contributed by atoms with Gasteiger partial charge in [0.05, 0.1) is 27.8 Å². The van der Waals surface area contributed by atoms with Gasteiger partial charge in [-0.3, -0.25) is 0 Å². The minimum Gasteiger partial charge on any atom is -0.309 e. The monoisotopic (exact) mass is 746 g/mol. The molecule has 0 saturated carbocycles. The molecule has 56 heavy (non-hydrogen) atoms. The molecule has 4 aromatic heterocycles. The summed E-state index contributed by atoms with van der Waals surface area (Å²) in [6.45, 7) is 0. The summed E-state index contributed by atoms with van der Waals surface area (Å²) in [5, 5.41) is 12.8. The van der Waals surface area contributed by atoms with E-state index in [0.29, 0.717) is 0 Å². The number of hydrogen-bond acceptors (Lipinski definition) is 2. The Bertz CT molecular complexity index is 3770. The predicted octanol–water partition coefficient (Wildman–Crippen LogP) is 15.4. The van der Waals surface area contributed by atoms with Gasteiger partial charge in [-0.1, -0.05) is 127 Å². The topological polar surface area (TPSA) is 9.86 Å². The number of fused-ring (bicyclic) bond motifs is 14. The molecular weight excluding hydrogens is 717 g/mol. The van der Waals surface area contributed by atoms with Crippen molar-refractivity contribution in [2.45, 2.75) is 0 Å². The van der Waals surface area contributed by atoms with Crippen LogP contribution in [0.2, 0.25) is 0 Å². The van der Waals surface area contributed by atoms with E-state index in [0.717, 1.165) is 0 Å². The first-order valence-corrected chi connectivity index (χ1v) is 20.7. The molecule has 0 radical (unpaired) electrons. The van der Waals surface area contributed by atoms with Crippen LogP contribution in [0.15, 0.2) is 182 Å². The molecule has 2 nitrogen and oxygen atoms in total. The molecule has 260 valence electrons. The van der Waals surface area contributed by atoms with E-state index >= 15 is 0 Å². The molecule has 0 aliphatic rings. The third-order valence-electron chi connectivity index (χ3n) is 11.9. The Hall–Kier alpha value is -6.72. The second-order valence-electron chi connectivity index (χ2n) is 14.8. The molecular formula is C52H30N2S2. The molecule has 0 atom stereocenters. The number of nitrogens with zero attached hydrogens (tertiary/aromatic N) is 2. The lowest BCUT2D eigenvalue weighted by atomic mass is 9.98. The minimum absolute atomic E-state index is 1.18. The van der Waals surface area contributed by atoms with E-state index in [1.54, 1.807) is 0 Å². The van der Waals surface area contributed by atoms with Crippen molar-refractivity contribution >= 4 is 117 Å². The Labute approximate surface area is 329 Å². The van der Waals surface area contributed by atoms with Gasteiger partial charge in [-0.05, 0) is 65.5 Å². The average Bonchev–Trinajstić information content (AvgIpc) is 4.01. The van der Waals surface area contributed by atoms with Crippen LogP contribution in [-0.2, 0) is 0 Å². The van der Waals surface area contributed by atoms with E-state index < -0.39 is 0 Å². The SMILES string of the molecule is c1ccc2c(-n3c4ccccc4c4c3ccc3c5ccccc5n(-c5ccc6sc7c(-c8cccc9sc%10ccccc%10c89)cccc7c6c5)c34)cccc2c1. The van der Waals surface area contributed by atoms with Gasteiger partial charge in [0.15, 0.2) is 0 Å². The van der Waals surface area contributed by atoms with Crippen molar-refractivity contribution in [2.24, 2.45) is 0 Å². The lowest BCUT2D eigenvalue weighted by Gasteiger charge is -2.12. The first-order valence-electron chi connectivity index (χ1n) is 19.1. The van der Waals surface area contributed by atoms with Crippen molar-refractivity contribution in [3.63, 3.8) is 0 Å². The number of benzene rings is 9. The van der Waals surface area contributed by atoms with Crippen molar-refractivity contribution < 1.29 is 0 Å². The predicted molar refractivity (Wildman–Crippen MR) is 244 cm³/mol. The number of para-hydroxylation sites is 2. The maximum Gasteiger partial charge on any atom is 0.0641 e. The van der Waals surface area contributed by atoms with E-state index in [-0.39, 0.29) is 0 Å². The van der Waals surface area contributed by atoms with E-state index in [4.69, 9.17) is 0 Å². The van der Waals surface area contributed by atoms with Crippen molar-refractivity contribution in [1.82, 2.24) is 9.13 Å². The molecule has 4 heterocycles. The van der Waals surface area contributed by atoms with Gasteiger partial charge in [0, 0.05) is 78.5 Å². The van der Waals surface area contributed by atoms with Gasteiger partial charge in [0.1, 0.15) is 0 Å². The Kier molecular flexibility index (Phi) is 6.23. The largest absolute Gasteiger partial charge is 0.309 e. The Morgan fingerprint density at radius 3 is 1.91 bits per heavy atom. The molecule has 0 amide bonds. The van der Waals surface area contributed by atoms with Gasteiger partial charge in [0.25, 0.3) is 0 Å². The zero-order valence-corrected chi connectivity index (χ0v) is 31.7. The van der Waals surface area contributed by atoms with Crippen LogP contribution in [0.4, 0.5) is 0 Å². The van der Waals surface area contributed by atoms with Gasteiger partial charge in [-0.2, -0.15) is 0 Å². The highest BCUT2D eigenvalue weighted by molar-refractivity contribution is 7.26. The molecule has 13 rings (SSSR count). The molecule has 4 heteroatoms. The second kappa shape index (κ2) is 11.4. The Balaban J connectivity index is 1.10. The highest BCUT2D eigenvalue weighted by Crippen LogP contribution is 2.47. The molecule has 13 aromatic rings. The van der Waals surface area contributed by atoms with E-state index in [2.05, 4.69) is 191 Å². The maximum absolute atomic E-state index is 2.53. The van der Waals surface area contributed by atoms with Gasteiger partial charge < -0.3 is 9.13 Å². The summed E-state index contributed by atoms with van der Waals surface area (Å²) in [5.41, 5.74) is 9.87. The van der Waals surface area contributed by atoms with Gasteiger partial charge in [0.2, 0.25) is 0 Å². The molecule has 0 fully saturated rings. The number of thiophene rings is 2. The van der Waals surface area contributed by atoms with Crippen molar-refractivity contribution in [1.29, 1.82) is 0 Å². The number of rotatable bonds is 3. The van der Waals surface area contributed by atoms with Gasteiger partial charge >= 0.3 is 0 Å². The van der Waals surface area contributed by atoms with Crippen molar-refractivity contribution in [3.05, 3.63) is 182 Å². The van der Waals surface area contributed by atoms with Crippen LogP contribution in [0, 0.1) is 0 Å². The first kappa shape index (κ1) is 30.6. The summed E-state index contributed by atoms with van der Waals surface area (Å²) in [6, 6.07) is 67.5. The highest BCUT2D eigenvalue weighted by Gasteiger charge is 2.22. The van der Waals surface area contributed by atoms with Crippen LogP contribution in [0.25, 0.3) is 117 Å². The second-order valence-corrected chi connectivity index (χ2v) is 16.9. The van der Waals surface area contributed by atoms with Crippen LogP contribution in [0.1, 0.15) is 0 Å². The summed E-state index contributed by atoms with van der Waals surface area (Å²) < 4.78 is 10.3. The standard InChI is InChI=1S/C52H30N2S2/c1-2-14-33-31(12-1)13-9-23-42(33)54-44-22-7-4-16-39(44)50-45(54)28-27-36-34-15-3-6-21-43(34)53(51(36)50)32-26-29-47-41(30-32)38-20-10-19-37(52(38)56-47)35-18-11-25-48-49(35)40-17-5-8-24-46(40)55-48/h1-30H. The van der Waals surface area contributed by atoms with Crippen LogP contribution >= 0.6 is 22.7 Å². The van der Waals surface area contributed by atoms with E-state index in [1.807, 2.05) is 22.7 Å². The average molecular weight is 747 g/mol. The molecule has 0 bridgehead atoms. The number of aromatic nitrogens is 2. The third kappa shape index (κ3) is 4.09. The molecule has 0 aliphatic carbocycles. The molecule has 9 aromatic carbocycles. The quantitative estimate of drug-likeness (QED) is 0.170. The smallest absolute Gasteiger partial charge is 0.0641 e. The van der Waals surface area contributed by atoms with Crippen LogP contribution in [0.3, 0.4) is 0 Å². The van der Waals surface area contributed by atoms with E-state index in [9.17, 15) is 0 Å². The fraction of sp³-hybridized carbons (Fsp3) is 0. The fourth-order valence-electron chi connectivity index (χ4n) is 9.58. The van der Waals surface area contributed by atoms with Crippen molar-refractivity contribution in [3.8, 4) is 22.5 Å². The lowest BCUT2D eigenvalue weighted by molar-refractivity contribution is 1.19. The summed E-state index contributed by atoms with van der Waals surface area (Å²) >= 11 is 3.79. The van der Waals surface area contributed by atoms with Crippen LogP contribution in [-0.4, -0.2) is 9.13 Å². The van der Waals surface area contributed by atoms with Gasteiger partial charge in [-0.25, -0.2) is 0 Å². The summed E-state index contributed by atoms with van der Waals surface area (Å²) in [6.07, 6.45) is 0. The van der Waals surface area contributed by atoms with E-state index in [1.165, 1.54) is 117 Å². The molecule has 0 aliphatic heterocycles. The Morgan fingerprint density at radius 1 is 0.339 bits per heavy atom. The zero-order valence-electron chi connectivity index (χ0n) is 30.0. The van der Waals surface area contributed by atoms with Crippen molar-refractivity contribution in [2.75, 3.05) is 0 Å². The normalized spacial score (nSPS) is 12.3. The third-order valence-corrected chi connectivity index (χ3v) is 14.3. The molecule has 0 N–H and O–H groups in total. The highest BCUT2D eigenvalue weighted by atomic mass is 32.1. The lowest BCUT2D eigenvalue weighted by Crippen LogP contribution is -1.96. The summed E-state index contributed by atoms with van der Waals surface area (Å²) in [7, 11) is 0. The van der Waals surface area contributed by atoms with Crippen LogP contribution < -0.4 is 0 Å². The minimum atomic E-state index is 1.18. The molecule has 0 spiro atoms. The molecule has 0 unspecified atom stereocenters. The summed E-state index contributed by atoms with van der Waals surface area (Å²) in [5.74, 6) is 0. The van der Waals surface area contributed by atoms with Gasteiger partial charge in [-0.15, -0.1) is 22.7 Å². The maximum atomic E-state index is 2.53. The first-order chi connectivity index (χ1) is 27.8. The molecule has 0 saturated heterocycles. The number of hydrogen-bond donors (Lipinski definition) is 0. The van der Waals surface area contributed by atoms with Crippen LogP contribution in [0.5, 0.6) is 0 Å². The zero-order chi connectivity index (χ0) is 36.5. The summed E-state index contributed by atoms with van der Waals surface area (Å²) in [4.78, 5) is 0. The Morgan fingerprint density at radius 2 is 1.00 bits per heavy atom.